The molecule has 3 heteroatoms. The molecule has 0 atom stereocenters. The van der Waals surface area contributed by atoms with Crippen LogP contribution in [0.3, 0.4) is 0 Å². The molecule has 0 heterocycles. The van der Waals surface area contributed by atoms with Crippen molar-refractivity contribution in [2.24, 2.45) is 5.41 Å². The Morgan fingerprint density at radius 3 is 2.50 bits per heavy atom. The van der Waals surface area contributed by atoms with Crippen LogP contribution >= 0.6 is 11.6 Å². The number of ether oxygens (including phenoxy) is 1. The molecule has 0 aliphatic rings. The molecule has 0 bridgehead atoms. The summed E-state index contributed by atoms with van der Waals surface area (Å²) in [7, 11) is 1.57. The highest BCUT2D eigenvalue weighted by atomic mass is 35.5. The molecule has 0 unspecified atom stereocenters. The van der Waals surface area contributed by atoms with Gasteiger partial charge in [0.05, 0.1) is 12.1 Å². The molecule has 0 N–H and O–H groups in total. The van der Waals surface area contributed by atoms with Crippen molar-refractivity contribution in [2.45, 2.75) is 27.2 Å². The fraction of sp³-hybridized carbons (Fsp3) is 0.462. The van der Waals surface area contributed by atoms with Gasteiger partial charge in [0.25, 0.3) is 0 Å². The van der Waals surface area contributed by atoms with Gasteiger partial charge in [-0.25, -0.2) is 0 Å². The highest BCUT2D eigenvalue weighted by Gasteiger charge is 2.19. The van der Waals surface area contributed by atoms with Crippen LogP contribution in [0.4, 0.5) is 0 Å². The Balaban J connectivity index is 2.98. The van der Waals surface area contributed by atoms with Crippen molar-refractivity contribution in [1.29, 1.82) is 0 Å². The normalized spacial score (nSPS) is 11.3. The number of Topliss-reactive ketones (excluding diaryl/α,β-unsaturated/α-hetero) is 1. The van der Waals surface area contributed by atoms with E-state index in [1.165, 1.54) is 0 Å². The van der Waals surface area contributed by atoms with Crippen molar-refractivity contribution in [3.05, 3.63) is 28.8 Å². The first-order valence-corrected chi connectivity index (χ1v) is 5.58. The predicted octanol–water partition coefficient (Wildman–Crippen LogP) is 3.97. The van der Waals surface area contributed by atoms with Crippen LogP contribution in [0.25, 0.3) is 0 Å². The summed E-state index contributed by atoms with van der Waals surface area (Å²) in [5.41, 5.74) is 0.500. The van der Waals surface area contributed by atoms with E-state index < -0.39 is 0 Å². The maximum atomic E-state index is 12.0. The number of carbonyl (C=O) groups is 1. The molecule has 0 aromatic heterocycles. The van der Waals surface area contributed by atoms with Gasteiger partial charge >= 0.3 is 0 Å². The van der Waals surface area contributed by atoms with E-state index in [0.29, 0.717) is 22.8 Å². The zero-order chi connectivity index (χ0) is 12.3. The van der Waals surface area contributed by atoms with Crippen LogP contribution in [0.15, 0.2) is 18.2 Å². The molecule has 0 saturated heterocycles. The highest BCUT2D eigenvalue weighted by Crippen LogP contribution is 2.27. The Bertz CT molecular complexity index is 391. The summed E-state index contributed by atoms with van der Waals surface area (Å²) >= 11 is 6.00. The first-order chi connectivity index (χ1) is 7.33. The van der Waals surface area contributed by atoms with Crippen LogP contribution < -0.4 is 4.74 Å². The molecule has 0 saturated carbocycles. The van der Waals surface area contributed by atoms with Gasteiger partial charge in [-0.15, -0.1) is 0 Å². The Labute approximate surface area is 102 Å². The lowest BCUT2D eigenvalue weighted by Crippen LogP contribution is -2.13. The monoisotopic (exact) mass is 240 g/mol. The van der Waals surface area contributed by atoms with Gasteiger partial charge in [0.2, 0.25) is 0 Å². The minimum atomic E-state index is -0.0382. The van der Waals surface area contributed by atoms with Gasteiger partial charge in [0.15, 0.2) is 5.78 Å². The van der Waals surface area contributed by atoms with E-state index in [1.807, 2.05) is 20.8 Å². The van der Waals surface area contributed by atoms with Gasteiger partial charge in [0.1, 0.15) is 5.75 Å². The standard InChI is InChI=1S/C13H17ClO2/c1-13(2,3)8-12(15)10-7-9(16-4)5-6-11(10)14/h5-7H,8H2,1-4H3. The number of hydrogen-bond donors (Lipinski definition) is 0. The summed E-state index contributed by atoms with van der Waals surface area (Å²) in [5.74, 6) is 0.707. The zero-order valence-electron chi connectivity index (χ0n) is 10.1. The average molecular weight is 241 g/mol. The summed E-state index contributed by atoms with van der Waals surface area (Å²) in [5, 5.41) is 0.482. The maximum absolute atomic E-state index is 12.0. The average Bonchev–Trinajstić information content (AvgIpc) is 2.15. The van der Waals surface area contributed by atoms with Crippen LogP contribution in [-0.2, 0) is 0 Å². The van der Waals surface area contributed by atoms with E-state index in [-0.39, 0.29) is 11.2 Å². The second kappa shape index (κ2) is 4.88. The number of halogens is 1. The molecule has 0 radical (unpaired) electrons. The third-order valence-electron chi connectivity index (χ3n) is 2.16. The van der Waals surface area contributed by atoms with Crippen LogP contribution in [0.5, 0.6) is 5.75 Å². The van der Waals surface area contributed by atoms with Crippen molar-refractivity contribution in [1.82, 2.24) is 0 Å². The van der Waals surface area contributed by atoms with Crippen LogP contribution in [0, 0.1) is 5.41 Å². The molecule has 88 valence electrons. The summed E-state index contributed by atoms with van der Waals surface area (Å²) in [6.07, 6.45) is 0.472. The van der Waals surface area contributed by atoms with Gasteiger partial charge in [-0.2, -0.15) is 0 Å². The summed E-state index contributed by atoms with van der Waals surface area (Å²) in [4.78, 5) is 12.0. The Kier molecular flexibility index (Phi) is 3.98. The topological polar surface area (TPSA) is 26.3 Å². The van der Waals surface area contributed by atoms with Crippen molar-refractivity contribution in [3.63, 3.8) is 0 Å². The third kappa shape index (κ3) is 3.53. The number of hydrogen-bond acceptors (Lipinski definition) is 2. The number of methoxy groups -OCH3 is 1. The lowest BCUT2D eigenvalue weighted by molar-refractivity contribution is 0.0939. The van der Waals surface area contributed by atoms with E-state index in [2.05, 4.69) is 0 Å². The van der Waals surface area contributed by atoms with E-state index in [1.54, 1.807) is 25.3 Å². The lowest BCUT2D eigenvalue weighted by Gasteiger charge is -2.17. The molecule has 1 aromatic rings. The third-order valence-corrected chi connectivity index (χ3v) is 2.49. The number of rotatable bonds is 3. The fourth-order valence-electron chi connectivity index (χ4n) is 1.42. The molecule has 0 aliphatic heterocycles. The van der Waals surface area contributed by atoms with Crippen molar-refractivity contribution >= 4 is 17.4 Å². The summed E-state index contributed by atoms with van der Waals surface area (Å²) in [6.45, 7) is 6.08. The quantitative estimate of drug-likeness (QED) is 0.748. The first kappa shape index (κ1) is 13.0. The molecule has 16 heavy (non-hydrogen) atoms. The maximum Gasteiger partial charge on any atom is 0.165 e. The second-order valence-electron chi connectivity index (χ2n) is 5.01. The predicted molar refractivity (Wildman–Crippen MR) is 66.4 cm³/mol. The van der Waals surface area contributed by atoms with Crippen LogP contribution in [0.2, 0.25) is 5.02 Å². The number of benzene rings is 1. The number of carbonyl (C=O) groups excluding carboxylic acids is 1. The van der Waals surface area contributed by atoms with Gasteiger partial charge < -0.3 is 4.74 Å². The van der Waals surface area contributed by atoms with E-state index in [9.17, 15) is 4.79 Å². The molecule has 2 nitrogen and oxygen atoms in total. The number of ketones is 1. The van der Waals surface area contributed by atoms with Gasteiger partial charge in [0, 0.05) is 12.0 Å². The Morgan fingerprint density at radius 2 is 2.00 bits per heavy atom. The minimum Gasteiger partial charge on any atom is -0.497 e. The fourth-order valence-corrected chi connectivity index (χ4v) is 1.64. The molecule has 0 spiro atoms. The largest absolute Gasteiger partial charge is 0.497 e. The van der Waals surface area contributed by atoms with E-state index >= 15 is 0 Å². The molecular weight excluding hydrogens is 224 g/mol. The second-order valence-corrected chi connectivity index (χ2v) is 5.41. The SMILES string of the molecule is COc1ccc(Cl)c(C(=O)CC(C)(C)C)c1. The van der Waals surface area contributed by atoms with Gasteiger partial charge in [-0.1, -0.05) is 32.4 Å². The first-order valence-electron chi connectivity index (χ1n) is 5.20. The van der Waals surface area contributed by atoms with Gasteiger partial charge in [-0.3, -0.25) is 4.79 Å². The molecule has 0 amide bonds. The summed E-state index contributed by atoms with van der Waals surface area (Å²) in [6, 6.07) is 5.13. The lowest BCUT2D eigenvalue weighted by atomic mass is 9.88. The van der Waals surface area contributed by atoms with Crippen LogP contribution in [-0.4, -0.2) is 12.9 Å². The molecule has 1 rings (SSSR count). The molecule has 1 aromatic carbocycles. The van der Waals surface area contributed by atoms with E-state index in [4.69, 9.17) is 16.3 Å². The zero-order valence-corrected chi connectivity index (χ0v) is 10.9. The highest BCUT2D eigenvalue weighted by molar-refractivity contribution is 6.34. The molecule has 0 fully saturated rings. The Hall–Kier alpha value is -1.02. The molecular formula is C13H17ClO2. The van der Waals surface area contributed by atoms with Crippen molar-refractivity contribution in [2.75, 3.05) is 7.11 Å². The van der Waals surface area contributed by atoms with Crippen LogP contribution in [0.1, 0.15) is 37.6 Å². The van der Waals surface area contributed by atoms with Gasteiger partial charge in [-0.05, 0) is 23.6 Å². The Morgan fingerprint density at radius 1 is 1.38 bits per heavy atom. The smallest absolute Gasteiger partial charge is 0.165 e. The minimum absolute atomic E-state index is 0.0382. The summed E-state index contributed by atoms with van der Waals surface area (Å²) < 4.78 is 5.08. The van der Waals surface area contributed by atoms with E-state index in [0.717, 1.165) is 0 Å². The van der Waals surface area contributed by atoms with Crippen molar-refractivity contribution in [3.8, 4) is 5.75 Å². The molecule has 0 aliphatic carbocycles. The van der Waals surface area contributed by atoms with Crippen molar-refractivity contribution < 1.29 is 9.53 Å².